The fourth-order valence-corrected chi connectivity index (χ4v) is 2.74. The molecule has 10 heteroatoms. The van der Waals surface area contributed by atoms with E-state index in [1.807, 2.05) is 4.90 Å². The molecule has 0 aromatic heterocycles. The molecule has 29 heavy (non-hydrogen) atoms. The van der Waals surface area contributed by atoms with Gasteiger partial charge < -0.3 is 19.7 Å². The molecule has 1 N–H and O–H groups in total. The number of ether oxygens (including phenoxy) is 2. The predicted octanol–water partition coefficient (Wildman–Crippen LogP) is 2.91. The molecule has 1 heterocycles. The van der Waals surface area contributed by atoms with E-state index in [4.69, 9.17) is 0 Å². The quantitative estimate of drug-likeness (QED) is 0.546. The molecule has 7 nitrogen and oxygen atoms in total. The van der Waals surface area contributed by atoms with Gasteiger partial charge in [0, 0.05) is 25.2 Å². The molecule has 0 bridgehead atoms. The molecular formula is C19H21F3N2O5. The SMILES string of the molecule is CCOC(=O)/C=C/C(=O)OCC(=O)Nc1cc(C(F)(F)F)ccc1N1CCCC1. The molecule has 1 amide bonds. The van der Waals surface area contributed by atoms with Gasteiger partial charge in [0.2, 0.25) is 0 Å². The maximum absolute atomic E-state index is 13.0. The minimum atomic E-state index is -4.56. The Balaban J connectivity index is 2.04. The topological polar surface area (TPSA) is 84.9 Å². The van der Waals surface area contributed by atoms with Gasteiger partial charge in [0.05, 0.1) is 23.5 Å². The van der Waals surface area contributed by atoms with Crippen molar-refractivity contribution in [2.75, 3.05) is 36.5 Å². The maximum atomic E-state index is 13.0. The fourth-order valence-electron chi connectivity index (χ4n) is 2.74. The van der Waals surface area contributed by atoms with Crippen molar-refractivity contribution < 1.29 is 37.0 Å². The number of alkyl halides is 3. The summed E-state index contributed by atoms with van der Waals surface area (Å²) in [7, 11) is 0. The summed E-state index contributed by atoms with van der Waals surface area (Å²) < 4.78 is 48.4. The van der Waals surface area contributed by atoms with Crippen LogP contribution in [0.15, 0.2) is 30.4 Å². The average molecular weight is 414 g/mol. The molecule has 2 rings (SSSR count). The van der Waals surface area contributed by atoms with Crippen molar-refractivity contribution in [2.45, 2.75) is 25.9 Å². The number of esters is 2. The smallest absolute Gasteiger partial charge is 0.416 e. The third-order valence-corrected chi connectivity index (χ3v) is 4.03. The molecular weight excluding hydrogens is 393 g/mol. The highest BCUT2D eigenvalue weighted by molar-refractivity contribution is 5.97. The minimum Gasteiger partial charge on any atom is -0.463 e. The highest BCUT2D eigenvalue weighted by Gasteiger charge is 2.32. The van der Waals surface area contributed by atoms with Gasteiger partial charge in [0.1, 0.15) is 0 Å². The second-order valence-corrected chi connectivity index (χ2v) is 6.17. The number of carbonyl (C=O) groups excluding carboxylic acids is 3. The molecule has 1 aromatic rings. The van der Waals surface area contributed by atoms with Crippen molar-refractivity contribution in [1.82, 2.24) is 0 Å². The Hall–Kier alpha value is -3.04. The zero-order valence-corrected chi connectivity index (χ0v) is 15.8. The van der Waals surface area contributed by atoms with Crippen molar-refractivity contribution in [3.05, 3.63) is 35.9 Å². The third kappa shape index (κ3) is 6.81. The summed E-state index contributed by atoms with van der Waals surface area (Å²) in [5.74, 6) is -2.51. The van der Waals surface area contributed by atoms with Crippen LogP contribution in [0.25, 0.3) is 0 Å². The van der Waals surface area contributed by atoms with Crippen molar-refractivity contribution in [2.24, 2.45) is 0 Å². The Bertz CT molecular complexity index is 787. The fraction of sp³-hybridized carbons (Fsp3) is 0.421. The molecule has 1 aliphatic heterocycles. The zero-order chi connectivity index (χ0) is 21.4. The molecule has 0 spiro atoms. The molecule has 0 saturated carbocycles. The molecule has 1 aromatic carbocycles. The number of nitrogens with zero attached hydrogens (tertiary/aromatic N) is 1. The largest absolute Gasteiger partial charge is 0.463 e. The van der Waals surface area contributed by atoms with Gasteiger partial charge in [-0.2, -0.15) is 13.2 Å². The number of hydrogen-bond donors (Lipinski definition) is 1. The van der Waals surface area contributed by atoms with E-state index >= 15 is 0 Å². The van der Waals surface area contributed by atoms with Crippen LogP contribution in [-0.2, 0) is 30.0 Å². The van der Waals surface area contributed by atoms with Crippen LogP contribution in [-0.4, -0.2) is 44.1 Å². The van der Waals surface area contributed by atoms with Gasteiger partial charge in [-0.1, -0.05) is 0 Å². The number of halogens is 3. The van der Waals surface area contributed by atoms with E-state index in [0.717, 1.165) is 37.1 Å². The maximum Gasteiger partial charge on any atom is 0.416 e. The summed E-state index contributed by atoms with van der Waals surface area (Å²) in [5, 5.41) is 2.37. The van der Waals surface area contributed by atoms with E-state index in [-0.39, 0.29) is 12.3 Å². The first kappa shape index (κ1) is 22.3. The molecule has 1 aliphatic rings. The lowest BCUT2D eigenvalue weighted by atomic mass is 10.1. The van der Waals surface area contributed by atoms with Gasteiger partial charge in [0.25, 0.3) is 5.91 Å². The normalized spacial score (nSPS) is 14.1. The van der Waals surface area contributed by atoms with Crippen LogP contribution in [0, 0.1) is 0 Å². The first-order valence-electron chi connectivity index (χ1n) is 8.98. The van der Waals surface area contributed by atoms with Gasteiger partial charge >= 0.3 is 18.1 Å². The lowest BCUT2D eigenvalue weighted by Crippen LogP contribution is -2.24. The number of amides is 1. The lowest BCUT2D eigenvalue weighted by Gasteiger charge is -2.22. The molecule has 0 unspecified atom stereocenters. The van der Waals surface area contributed by atoms with Crippen LogP contribution >= 0.6 is 0 Å². The number of benzene rings is 1. The molecule has 1 saturated heterocycles. The van der Waals surface area contributed by atoms with Crippen LogP contribution in [0.3, 0.4) is 0 Å². The van der Waals surface area contributed by atoms with Crippen LogP contribution in [0.1, 0.15) is 25.3 Å². The van der Waals surface area contributed by atoms with Gasteiger partial charge in [-0.15, -0.1) is 0 Å². The van der Waals surface area contributed by atoms with Crippen LogP contribution in [0.2, 0.25) is 0 Å². The zero-order valence-electron chi connectivity index (χ0n) is 15.8. The highest BCUT2D eigenvalue weighted by atomic mass is 19.4. The van der Waals surface area contributed by atoms with Crippen molar-refractivity contribution >= 4 is 29.2 Å². The summed E-state index contributed by atoms with van der Waals surface area (Å²) in [4.78, 5) is 36.6. The first-order valence-corrected chi connectivity index (χ1v) is 8.98. The monoisotopic (exact) mass is 414 g/mol. The highest BCUT2D eigenvalue weighted by Crippen LogP contribution is 2.36. The summed E-state index contributed by atoms with van der Waals surface area (Å²) >= 11 is 0. The number of anilines is 2. The second kappa shape index (κ2) is 9.94. The van der Waals surface area contributed by atoms with Gasteiger partial charge in [-0.05, 0) is 38.0 Å². The Morgan fingerprint density at radius 1 is 1.10 bits per heavy atom. The number of nitrogens with one attached hydrogen (secondary N) is 1. The van der Waals surface area contributed by atoms with E-state index in [1.165, 1.54) is 6.07 Å². The van der Waals surface area contributed by atoms with E-state index in [0.29, 0.717) is 18.8 Å². The van der Waals surface area contributed by atoms with Gasteiger partial charge in [-0.25, -0.2) is 9.59 Å². The average Bonchev–Trinajstić information content (AvgIpc) is 3.18. The Kier molecular flexibility index (Phi) is 7.63. The Morgan fingerprint density at radius 3 is 2.31 bits per heavy atom. The minimum absolute atomic E-state index is 0.00941. The van der Waals surface area contributed by atoms with Crippen molar-refractivity contribution in [1.29, 1.82) is 0 Å². The number of rotatable bonds is 7. The van der Waals surface area contributed by atoms with E-state index in [2.05, 4.69) is 14.8 Å². The third-order valence-electron chi connectivity index (χ3n) is 4.03. The van der Waals surface area contributed by atoms with Crippen molar-refractivity contribution in [3.63, 3.8) is 0 Å². The standard InChI is InChI=1S/C19H21F3N2O5/c1-2-28-17(26)7-8-18(27)29-12-16(25)23-14-11-13(19(20,21)22)5-6-15(14)24-9-3-4-10-24/h5-8,11H,2-4,9-10,12H2,1H3,(H,23,25)/b8-7+. The summed E-state index contributed by atoms with van der Waals surface area (Å²) in [5.41, 5.74) is -0.438. The van der Waals surface area contributed by atoms with Crippen LogP contribution < -0.4 is 10.2 Å². The number of hydrogen-bond acceptors (Lipinski definition) is 6. The van der Waals surface area contributed by atoms with Crippen molar-refractivity contribution in [3.8, 4) is 0 Å². The lowest BCUT2D eigenvalue weighted by molar-refractivity contribution is -0.143. The summed E-state index contributed by atoms with van der Waals surface area (Å²) in [6.45, 7) is 2.35. The first-order chi connectivity index (χ1) is 13.7. The van der Waals surface area contributed by atoms with E-state index in [1.54, 1.807) is 6.92 Å². The number of carbonyl (C=O) groups is 3. The second-order valence-electron chi connectivity index (χ2n) is 6.17. The molecule has 158 valence electrons. The van der Waals surface area contributed by atoms with Gasteiger partial charge in [0.15, 0.2) is 6.61 Å². The van der Waals surface area contributed by atoms with Gasteiger partial charge in [-0.3, -0.25) is 4.79 Å². The Morgan fingerprint density at radius 2 is 1.72 bits per heavy atom. The van der Waals surface area contributed by atoms with Crippen LogP contribution in [0.4, 0.5) is 24.5 Å². The molecule has 0 atom stereocenters. The van der Waals surface area contributed by atoms with E-state index in [9.17, 15) is 27.6 Å². The van der Waals surface area contributed by atoms with Crippen LogP contribution in [0.5, 0.6) is 0 Å². The summed E-state index contributed by atoms with van der Waals surface area (Å²) in [6, 6.07) is 3.13. The molecule has 0 aliphatic carbocycles. The predicted molar refractivity (Wildman–Crippen MR) is 98.3 cm³/mol. The Labute approximate surface area is 165 Å². The molecule has 0 radical (unpaired) electrons. The summed E-state index contributed by atoms with van der Waals surface area (Å²) in [6.07, 6.45) is -1.11. The molecule has 1 fully saturated rings. The van der Waals surface area contributed by atoms with E-state index < -0.39 is 36.2 Å².